The van der Waals surface area contributed by atoms with E-state index in [1.165, 1.54) is 19.2 Å². The minimum absolute atomic E-state index is 0.0853. The van der Waals surface area contributed by atoms with Crippen LogP contribution in [-0.4, -0.2) is 28.0 Å². The number of anilines is 2. The molecule has 0 spiro atoms. The van der Waals surface area contributed by atoms with Crippen LogP contribution >= 0.6 is 11.6 Å². The molecule has 1 N–H and O–H groups in total. The number of halogens is 1. The Balaban J connectivity index is 2.03. The van der Waals surface area contributed by atoms with Crippen molar-refractivity contribution in [3.05, 3.63) is 82.4 Å². The summed E-state index contributed by atoms with van der Waals surface area (Å²) in [6.07, 6.45) is 0. The van der Waals surface area contributed by atoms with Gasteiger partial charge in [-0.3, -0.25) is 9.10 Å². The van der Waals surface area contributed by atoms with Crippen molar-refractivity contribution < 1.29 is 17.9 Å². The van der Waals surface area contributed by atoms with Crippen LogP contribution in [0.3, 0.4) is 0 Å². The van der Waals surface area contributed by atoms with Crippen LogP contribution in [0.15, 0.2) is 65.6 Å². The average molecular weight is 473 g/mol. The number of methoxy groups -OCH3 is 1. The zero-order chi connectivity index (χ0) is 23.5. The standard InChI is InChI=1S/C24H25ClN2O4S/c1-16-5-9-20(10-6-16)32(29,30)27(22-13-17(2)7-12-23(22)31-4)15-24(28)26-21-11-8-19(25)14-18(21)3/h5-14H,15H2,1-4H3,(H,26,28). The van der Waals surface area contributed by atoms with Gasteiger partial charge < -0.3 is 10.1 Å². The molecule has 0 fully saturated rings. The molecule has 0 saturated carbocycles. The maximum atomic E-state index is 13.6. The summed E-state index contributed by atoms with van der Waals surface area (Å²) in [5.41, 5.74) is 3.38. The molecule has 3 aromatic carbocycles. The molecular weight excluding hydrogens is 448 g/mol. The molecule has 3 aromatic rings. The monoisotopic (exact) mass is 472 g/mol. The van der Waals surface area contributed by atoms with Crippen molar-refractivity contribution in [3.8, 4) is 5.75 Å². The van der Waals surface area contributed by atoms with Crippen LogP contribution in [0.25, 0.3) is 0 Å². The summed E-state index contributed by atoms with van der Waals surface area (Å²) in [5.74, 6) is -0.142. The van der Waals surface area contributed by atoms with Gasteiger partial charge in [0.1, 0.15) is 12.3 Å². The van der Waals surface area contributed by atoms with Crippen molar-refractivity contribution in [1.29, 1.82) is 0 Å². The third kappa shape index (κ3) is 5.23. The highest BCUT2D eigenvalue weighted by Gasteiger charge is 2.29. The Bertz CT molecular complexity index is 1240. The second kappa shape index (κ2) is 9.63. The molecule has 0 aliphatic heterocycles. The molecular formula is C24H25ClN2O4S. The first kappa shape index (κ1) is 23.6. The zero-order valence-corrected chi connectivity index (χ0v) is 19.9. The molecule has 0 aromatic heterocycles. The van der Waals surface area contributed by atoms with Crippen LogP contribution in [0.4, 0.5) is 11.4 Å². The predicted molar refractivity (Wildman–Crippen MR) is 128 cm³/mol. The Morgan fingerprint density at radius 2 is 1.62 bits per heavy atom. The van der Waals surface area contributed by atoms with Gasteiger partial charge in [0.15, 0.2) is 0 Å². The summed E-state index contributed by atoms with van der Waals surface area (Å²) < 4.78 is 33.7. The van der Waals surface area contributed by atoms with Crippen molar-refractivity contribution in [1.82, 2.24) is 0 Å². The van der Waals surface area contributed by atoms with Gasteiger partial charge in [0.05, 0.1) is 17.7 Å². The SMILES string of the molecule is COc1ccc(C)cc1N(CC(=O)Nc1ccc(Cl)cc1C)S(=O)(=O)c1ccc(C)cc1. The van der Waals surface area contributed by atoms with Crippen LogP contribution in [0.2, 0.25) is 5.02 Å². The van der Waals surface area contributed by atoms with E-state index in [0.717, 1.165) is 21.0 Å². The first-order chi connectivity index (χ1) is 15.1. The Labute approximate surface area is 193 Å². The van der Waals surface area contributed by atoms with E-state index in [0.29, 0.717) is 16.5 Å². The van der Waals surface area contributed by atoms with E-state index in [4.69, 9.17) is 16.3 Å². The lowest BCUT2D eigenvalue weighted by Crippen LogP contribution is -2.38. The number of amides is 1. The van der Waals surface area contributed by atoms with Crippen LogP contribution in [0.5, 0.6) is 5.75 Å². The average Bonchev–Trinajstić information content (AvgIpc) is 2.74. The first-order valence-corrected chi connectivity index (χ1v) is 11.7. The molecule has 8 heteroatoms. The smallest absolute Gasteiger partial charge is 0.264 e. The van der Waals surface area contributed by atoms with Gasteiger partial charge >= 0.3 is 0 Å². The number of rotatable bonds is 7. The Morgan fingerprint density at radius 1 is 0.969 bits per heavy atom. The van der Waals surface area contributed by atoms with E-state index in [-0.39, 0.29) is 10.6 Å². The fraction of sp³-hybridized carbons (Fsp3) is 0.208. The van der Waals surface area contributed by atoms with Gasteiger partial charge in [-0.2, -0.15) is 0 Å². The van der Waals surface area contributed by atoms with E-state index >= 15 is 0 Å². The summed E-state index contributed by atoms with van der Waals surface area (Å²) in [4.78, 5) is 13.0. The Hall–Kier alpha value is -3.03. The third-order valence-electron chi connectivity index (χ3n) is 4.96. The number of aryl methyl sites for hydroxylation is 3. The molecule has 0 aliphatic carbocycles. The van der Waals surface area contributed by atoms with Crippen LogP contribution in [0, 0.1) is 20.8 Å². The highest BCUT2D eigenvalue weighted by atomic mass is 35.5. The number of carbonyl (C=O) groups is 1. The highest BCUT2D eigenvalue weighted by Crippen LogP contribution is 2.33. The number of hydrogen-bond donors (Lipinski definition) is 1. The van der Waals surface area contributed by atoms with Gasteiger partial charge in [-0.05, 0) is 74.4 Å². The Kier molecular flexibility index (Phi) is 7.11. The normalized spacial score (nSPS) is 11.2. The van der Waals surface area contributed by atoms with Gasteiger partial charge in [0, 0.05) is 10.7 Å². The number of nitrogens with zero attached hydrogens (tertiary/aromatic N) is 1. The second-order valence-corrected chi connectivity index (χ2v) is 9.81. The Morgan fingerprint density at radius 3 is 2.25 bits per heavy atom. The summed E-state index contributed by atoms with van der Waals surface area (Å²) in [6, 6.07) is 16.7. The van der Waals surface area contributed by atoms with Crippen molar-refractivity contribution in [3.63, 3.8) is 0 Å². The third-order valence-corrected chi connectivity index (χ3v) is 6.97. The topological polar surface area (TPSA) is 75.7 Å². The molecule has 0 bridgehead atoms. The van der Waals surface area contributed by atoms with E-state index in [1.54, 1.807) is 42.5 Å². The fourth-order valence-electron chi connectivity index (χ4n) is 3.22. The number of benzene rings is 3. The number of nitrogens with one attached hydrogen (secondary N) is 1. The number of ether oxygens (including phenoxy) is 1. The minimum Gasteiger partial charge on any atom is -0.495 e. The maximum Gasteiger partial charge on any atom is 0.264 e. The number of sulfonamides is 1. The van der Waals surface area contributed by atoms with Crippen LogP contribution in [-0.2, 0) is 14.8 Å². The molecule has 0 heterocycles. The molecule has 1 amide bonds. The molecule has 0 aliphatic rings. The summed E-state index contributed by atoms with van der Waals surface area (Å²) in [6.45, 7) is 5.10. The molecule has 3 rings (SSSR count). The van der Waals surface area contributed by atoms with E-state index in [9.17, 15) is 13.2 Å². The molecule has 168 valence electrons. The molecule has 0 radical (unpaired) electrons. The van der Waals surface area contributed by atoms with Gasteiger partial charge in [0.2, 0.25) is 5.91 Å². The predicted octanol–water partition coefficient (Wildman–Crippen LogP) is 5.11. The van der Waals surface area contributed by atoms with Crippen LogP contribution in [0.1, 0.15) is 16.7 Å². The zero-order valence-electron chi connectivity index (χ0n) is 18.3. The summed E-state index contributed by atoms with van der Waals surface area (Å²) in [5, 5.41) is 3.33. The fourth-order valence-corrected chi connectivity index (χ4v) is 4.87. The van der Waals surface area contributed by atoms with Gasteiger partial charge in [-0.15, -0.1) is 0 Å². The van der Waals surface area contributed by atoms with E-state index < -0.39 is 22.5 Å². The maximum absolute atomic E-state index is 13.6. The largest absolute Gasteiger partial charge is 0.495 e. The quantitative estimate of drug-likeness (QED) is 0.518. The van der Waals surface area contributed by atoms with Crippen molar-refractivity contribution >= 4 is 38.9 Å². The first-order valence-electron chi connectivity index (χ1n) is 9.92. The van der Waals surface area contributed by atoms with Crippen molar-refractivity contribution in [2.45, 2.75) is 25.7 Å². The molecule has 6 nitrogen and oxygen atoms in total. The molecule has 0 saturated heterocycles. The summed E-state index contributed by atoms with van der Waals surface area (Å²) in [7, 11) is -2.59. The summed E-state index contributed by atoms with van der Waals surface area (Å²) >= 11 is 5.99. The van der Waals surface area contributed by atoms with Gasteiger partial charge in [-0.25, -0.2) is 8.42 Å². The number of hydrogen-bond acceptors (Lipinski definition) is 4. The van der Waals surface area contributed by atoms with Crippen molar-refractivity contribution in [2.24, 2.45) is 0 Å². The van der Waals surface area contributed by atoms with Crippen LogP contribution < -0.4 is 14.4 Å². The van der Waals surface area contributed by atoms with Gasteiger partial charge in [-0.1, -0.05) is 35.4 Å². The lowest BCUT2D eigenvalue weighted by Gasteiger charge is -2.26. The second-order valence-electron chi connectivity index (χ2n) is 7.51. The van der Waals surface area contributed by atoms with Crippen molar-refractivity contribution in [2.75, 3.05) is 23.3 Å². The lowest BCUT2D eigenvalue weighted by molar-refractivity contribution is -0.114. The lowest BCUT2D eigenvalue weighted by atomic mass is 10.2. The molecule has 32 heavy (non-hydrogen) atoms. The van der Waals surface area contributed by atoms with E-state index in [2.05, 4.69) is 5.32 Å². The minimum atomic E-state index is -4.05. The highest BCUT2D eigenvalue weighted by molar-refractivity contribution is 7.92. The molecule has 0 atom stereocenters. The van der Waals surface area contributed by atoms with Gasteiger partial charge in [0.25, 0.3) is 10.0 Å². The number of carbonyl (C=O) groups excluding carboxylic acids is 1. The van der Waals surface area contributed by atoms with E-state index in [1.807, 2.05) is 26.8 Å². The molecule has 0 unspecified atom stereocenters.